The summed E-state index contributed by atoms with van der Waals surface area (Å²) in [7, 11) is 0. The lowest BCUT2D eigenvalue weighted by Crippen LogP contribution is -2.30. The fraction of sp³-hybridized carbons (Fsp3) is 0.259. The van der Waals surface area contributed by atoms with Gasteiger partial charge in [0.1, 0.15) is 16.9 Å². The Balaban J connectivity index is 1.47. The number of hydrogen-bond acceptors (Lipinski definition) is 2. The molecule has 1 aliphatic heterocycles. The van der Waals surface area contributed by atoms with Crippen molar-refractivity contribution in [1.82, 2.24) is 9.13 Å². The van der Waals surface area contributed by atoms with E-state index in [1.54, 1.807) is 0 Å². The quantitative estimate of drug-likeness (QED) is 0.374. The van der Waals surface area contributed by atoms with Crippen LogP contribution in [0.4, 0.5) is 0 Å². The molecule has 0 saturated carbocycles. The fourth-order valence-corrected chi connectivity index (χ4v) is 5.03. The van der Waals surface area contributed by atoms with Gasteiger partial charge < -0.3 is 18.3 Å². The molecule has 1 aliphatic carbocycles. The Kier molecular flexibility index (Phi) is 3.79. The molecule has 31 heavy (non-hydrogen) atoms. The number of fused-ring (bicyclic) bond motifs is 6. The second-order valence-electron chi connectivity index (χ2n) is 8.37. The Bertz CT molecular complexity index is 1480. The van der Waals surface area contributed by atoms with E-state index in [0.29, 0.717) is 0 Å². The number of para-hydroxylation sites is 1. The highest BCUT2D eigenvalue weighted by Crippen LogP contribution is 2.48. The maximum Gasteiger partial charge on any atom is 0.154 e. The molecule has 4 aromatic rings. The van der Waals surface area contributed by atoms with Crippen molar-refractivity contribution in [3.8, 4) is 17.6 Å². The predicted molar refractivity (Wildman–Crippen MR) is 124 cm³/mol. The summed E-state index contributed by atoms with van der Waals surface area (Å²) >= 11 is 0. The van der Waals surface area contributed by atoms with Crippen molar-refractivity contribution in [3.05, 3.63) is 71.7 Å². The first kappa shape index (κ1) is 18.2. The molecule has 4 heteroatoms. The minimum Gasteiger partial charge on any atom is -0.480 e. The summed E-state index contributed by atoms with van der Waals surface area (Å²) in [6.07, 6.45) is 7.38. The number of hydrogen-bond donors (Lipinski definition) is 0. The van der Waals surface area contributed by atoms with Crippen LogP contribution in [0, 0.1) is 11.8 Å². The van der Waals surface area contributed by atoms with E-state index in [2.05, 4.69) is 78.2 Å². The molecule has 0 N–H and O–H groups in total. The van der Waals surface area contributed by atoms with E-state index in [1.165, 1.54) is 11.3 Å². The minimum absolute atomic E-state index is 0.259. The zero-order valence-electron chi connectivity index (χ0n) is 18.0. The third-order valence-electron chi connectivity index (χ3n) is 6.50. The Hall–Kier alpha value is -3.58. The van der Waals surface area contributed by atoms with Crippen LogP contribution in [0.15, 0.2) is 59.0 Å². The molecular formula is C27H24N2O2. The monoisotopic (exact) mass is 408 g/mol. The van der Waals surface area contributed by atoms with Crippen LogP contribution in [-0.4, -0.2) is 14.7 Å². The van der Waals surface area contributed by atoms with Crippen molar-refractivity contribution in [2.45, 2.75) is 45.9 Å². The summed E-state index contributed by atoms with van der Waals surface area (Å²) in [4.78, 5) is 0. The van der Waals surface area contributed by atoms with Crippen molar-refractivity contribution in [3.63, 3.8) is 0 Å². The molecule has 1 aromatic carbocycles. The Labute approximate surface area is 181 Å². The van der Waals surface area contributed by atoms with Crippen LogP contribution in [0.5, 0.6) is 5.75 Å². The minimum atomic E-state index is -0.259. The van der Waals surface area contributed by atoms with Crippen LogP contribution in [0.25, 0.3) is 27.6 Å². The Morgan fingerprint density at radius 3 is 2.58 bits per heavy atom. The van der Waals surface area contributed by atoms with Gasteiger partial charge in [0.2, 0.25) is 0 Å². The van der Waals surface area contributed by atoms with Crippen LogP contribution in [0.3, 0.4) is 0 Å². The van der Waals surface area contributed by atoms with E-state index < -0.39 is 0 Å². The molecule has 1 atom stereocenters. The first-order valence-corrected chi connectivity index (χ1v) is 11.0. The van der Waals surface area contributed by atoms with Gasteiger partial charge in [-0.25, -0.2) is 0 Å². The number of nitrogens with zero attached hydrogens (tertiary/aromatic N) is 2. The molecule has 6 rings (SSSR count). The zero-order chi connectivity index (χ0) is 21.2. The predicted octanol–water partition coefficient (Wildman–Crippen LogP) is 6.12. The van der Waals surface area contributed by atoms with E-state index >= 15 is 0 Å². The van der Waals surface area contributed by atoms with E-state index in [9.17, 15) is 0 Å². The van der Waals surface area contributed by atoms with Crippen LogP contribution in [-0.2, 0) is 13.1 Å². The molecule has 2 aliphatic rings. The van der Waals surface area contributed by atoms with Gasteiger partial charge in [0.25, 0.3) is 0 Å². The van der Waals surface area contributed by atoms with Crippen molar-refractivity contribution >= 4 is 27.6 Å². The molecule has 3 aromatic heterocycles. The summed E-state index contributed by atoms with van der Waals surface area (Å²) in [5.41, 5.74) is 7.04. The highest BCUT2D eigenvalue weighted by molar-refractivity contribution is 6.03. The number of ether oxygens (including phenoxy) is 1. The topological polar surface area (TPSA) is 32.2 Å². The average molecular weight is 409 g/mol. The number of rotatable bonds is 2. The first-order valence-electron chi connectivity index (χ1n) is 11.0. The molecule has 0 saturated heterocycles. The lowest BCUT2D eigenvalue weighted by atomic mass is 9.88. The number of aromatic nitrogens is 2. The van der Waals surface area contributed by atoms with Crippen LogP contribution < -0.4 is 4.74 Å². The molecular weight excluding hydrogens is 384 g/mol. The van der Waals surface area contributed by atoms with Crippen molar-refractivity contribution in [2.24, 2.45) is 0 Å². The van der Waals surface area contributed by atoms with Gasteiger partial charge in [-0.05, 0) is 44.7 Å². The van der Waals surface area contributed by atoms with Gasteiger partial charge in [-0.2, -0.15) is 0 Å². The lowest BCUT2D eigenvalue weighted by molar-refractivity contribution is 0.170. The van der Waals surface area contributed by atoms with E-state index in [1.807, 2.05) is 18.2 Å². The van der Waals surface area contributed by atoms with Crippen LogP contribution in [0.1, 0.15) is 44.3 Å². The maximum atomic E-state index is 6.37. The number of allylic oxidation sites excluding steroid dienone is 2. The maximum absolute atomic E-state index is 6.37. The molecule has 0 spiro atoms. The normalized spacial score (nSPS) is 19.1. The summed E-state index contributed by atoms with van der Waals surface area (Å²) in [6.45, 7) is 8.16. The van der Waals surface area contributed by atoms with Crippen molar-refractivity contribution < 1.29 is 9.15 Å². The van der Waals surface area contributed by atoms with Crippen LogP contribution in [0.2, 0.25) is 0 Å². The van der Waals surface area contributed by atoms with E-state index in [0.717, 1.165) is 58.7 Å². The summed E-state index contributed by atoms with van der Waals surface area (Å²) < 4.78 is 17.0. The number of furan rings is 1. The average Bonchev–Trinajstić information content (AvgIpc) is 3.46. The highest BCUT2D eigenvalue weighted by Gasteiger charge is 2.42. The smallest absolute Gasteiger partial charge is 0.154 e. The zero-order valence-corrected chi connectivity index (χ0v) is 18.0. The molecule has 4 nitrogen and oxygen atoms in total. The van der Waals surface area contributed by atoms with Gasteiger partial charge in [0, 0.05) is 42.6 Å². The summed E-state index contributed by atoms with van der Waals surface area (Å²) in [5.74, 6) is 7.76. The summed E-state index contributed by atoms with van der Waals surface area (Å²) in [6, 6.07) is 12.3. The van der Waals surface area contributed by atoms with Crippen molar-refractivity contribution in [2.75, 3.05) is 0 Å². The molecule has 0 amide bonds. The Morgan fingerprint density at radius 2 is 1.77 bits per heavy atom. The van der Waals surface area contributed by atoms with Gasteiger partial charge in [-0.1, -0.05) is 30.4 Å². The SMILES string of the molecule is CCn1c(C#Cc2cc3oc4ccccc4c3n2CC)cc2c1C1=CC=CCC1(C)O2. The van der Waals surface area contributed by atoms with Crippen molar-refractivity contribution in [1.29, 1.82) is 0 Å². The highest BCUT2D eigenvalue weighted by atomic mass is 16.5. The standard InChI is InChI=1S/C27H24N2O2/c1-4-28-18(16-23-25(28)20-10-6-7-12-22(20)30-23)13-14-19-17-24-26(29(19)5-2)21-11-8-9-15-27(21,3)31-24/h6-12,16-17H,4-5,15H2,1-3H3. The Morgan fingerprint density at radius 1 is 1.00 bits per heavy atom. The molecule has 0 bridgehead atoms. The third kappa shape index (κ3) is 2.50. The summed E-state index contributed by atoms with van der Waals surface area (Å²) in [5, 5.41) is 1.13. The van der Waals surface area contributed by atoms with Gasteiger partial charge in [-0.15, -0.1) is 0 Å². The van der Waals surface area contributed by atoms with E-state index in [-0.39, 0.29) is 5.60 Å². The third-order valence-corrected chi connectivity index (χ3v) is 6.50. The van der Waals surface area contributed by atoms with Gasteiger partial charge in [0.15, 0.2) is 5.58 Å². The second-order valence-corrected chi connectivity index (χ2v) is 8.37. The van der Waals surface area contributed by atoms with Gasteiger partial charge >= 0.3 is 0 Å². The fourth-order valence-electron chi connectivity index (χ4n) is 5.03. The molecule has 1 unspecified atom stereocenters. The molecule has 0 fully saturated rings. The van der Waals surface area contributed by atoms with Crippen LogP contribution >= 0.6 is 0 Å². The molecule has 154 valence electrons. The van der Waals surface area contributed by atoms with Gasteiger partial charge in [0.05, 0.1) is 22.6 Å². The molecule has 4 heterocycles. The number of benzene rings is 1. The number of aryl methyl sites for hydroxylation is 1. The largest absolute Gasteiger partial charge is 0.480 e. The van der Waals surface area contributed by atoms with Gasteiger partial charge in [-0.3, -0.25) is 0 Å². The second kappa shape index (κ2) is 6.46. The first-order chi connectivity index (χ1) is 15.1. The van der Waals surface area contributed by atoms with E-state index in [4.69, 9.17) is 9.15 Å². The molecule has 0 radical (unpaired) electrons. The lowest BCUT2D eigenvalue weighted by Gasteiger charge is -2.27.